The van der Waals surface area contributed by atoms with Crippen molar-refractivity contribution < 1.29 is 9.53 Å². The summed E-state index contributed by atoms with van der Waals surface area (Å²) in [4.78, 5) is 21.2. The van der Waals surface area contributed by atoms with Gasteiger partial charge in [0, 0.05) is 32.9 Å². The average Bonchev–Trinajstić information content (AvgIpc) is 3.02. The largest absolute Gasteiger partial charge is 0.368 e. The third kappa shape index (κ3) is 3.66. The molecule has 7 nitrogen and oxygen atoms in total. The summed E-state index contributed by atoms with van der Waals surface area (Å²) in [5.41, 5.74) is 2.34. The Morgan fingerprint density at radius 1 is 1.40 bits per heavy atom. The summed E-state index contributed by atoms with van der Waals surface area (Å²) >= 11 is 0. The molecule has 3 rings (SSSR count). The minimum absolute atomic E-state index is 0.0487. The first-order chi connectivity index (χ1) is 12.0. The molecule has 25 heavy (non-hydrogen) atoms. The average molecular weight is 343 g/mol. The predicted octanol–water partition coefficient (Wildman–Crippen LogP) is 1.89. The smallest absolute Gasteiger partial charge is 0.274 e. The number of hydrogen-bond acceptors (Lipinski definition) is 5. The maximum absolute atomic E-state index is 12.8. The molecule has 7 heteroatoms. The summed E-state index contributed by atoms with van der Waals surface area (Å²) in [6.45, 7) is 6.29. The molecule has 1 aliphatic heterocycles. The highest BCUT2D eigenvalue weighted by Crippen LogP contribution is 2.23. The van der Waals surface area contributed by atoms with Gasteiger partial charge in [0.25, 0.3) is 5.91 Å². The molecule has 0 N–H and O–H groups in total. The van der Waals surface area contributed by atoms with Crippen LogP contribution in [0.1, 0.15) is 34.9 Å². The molecule has 0 spiro atoms. The molecule has 0 aromatic carbocycles. The highest BCUT2D eigenvalue weighted by molar-refractivity contribution is 5.92. The zero-order chi connectivity index (χ0) is 18.0. The lowest BCUT2D eigenvalue weighted by atomic mass is 10.1. The van der Waals surface area contributed by atoms with Gasteiger partial charge in [-0.25, -0.2) is 4.98 Å². The molecule has 1 amide bonds. The lowest BCUT2D eigenvalue weighted by Crippen LogP contribution is -2.42. The Bertz CT molecular complexity index is 756. The van der Waals surface area contributed by atoms with Crippen LogP contribution in [-0.4, -0.2) is 59.4 Å². The summed E-state index contributed by atoms with van der Waals surface area (Å²) in [7, 11) is 3.91. The molecule has 1 atom stereocenters. The number of rotatable bonds is 4. The van der Waals surface area contributed by atoms with Gasteiger partial charge in [0.15, 0.2) is 5.69 Å². The summed E-state index contributed by atoms with van der Waals surface area (Å²) in [6.07, 6.45) is -0.216. The predicted molar refractivity (Wildman–Crippen MR) is 95.8 cm³/mol. The maximum atomic E-state index is 12.8. The van der Waals surface area contributed by atoms with Crippen molar-refractivity contribution in [3.8, 4) is 0 Å². The number of ether oxygens (including phenoxy) is 1. The topological polar surface area (TPSA) is 63.5 Å². The van der Waals surface area contributed by atoms with E-state index in [1.54, 1.807) is 4.90 Å². The maximum Gasteiger partial charge on any atom is 0.274 e. The number of anilines is 1. The molecule has 0 saturated carbocycles. The van der Waals surface area contributed by atoms with Crippen molar-refractivity contribution in [2.75, 3.05) is 38.7 Å². The van der Waals surface area contributed by atoms with E-state index in [0.717, 1.165) is 23.8 Å². The lowest BCUT2D eigenvalue weighted by Gasteiger charge is -2.32. The van der Waals surface area contributed by atoms with Gasteiger partial charge < -0.3 is 14.5 Å². The van der Waals surface area contributed by atoms with Gasteiger partial charge in [0.1, 0.15) is 11.9 Å². The highest BCUT2D eigenvalue weighted by atomic mass is 16.5. The molecule has 134 valence electrons. The molecule has 2 aromatic heterocycles. The Kier molecular flexibility index (Phi) is 5.03. The van der Waals surface area contributed by atoms with Crippen molar-refractivity contribution in [1.82, 2.24) is 19.7 Å². The van der Waals surface area contributed by atoms with Crippen LogP contribution in [0, 0.1) is 6.92 Å². The fraction of sp³-hybridized carbons (Fsp3) is 0.500. The Hall–Kier alpha value is -2.41. The van der Waals surface area contributed by atoms with Crippen LogP contribution in [0.25, 0.3) is 0 Å². The van der Waals surface area contributed by atoms with Crippen LogP contribution in [0.2, 0.25) is 0 Å². The second-order valence-corrected chi connectivity index (χ2v) is 6.41. The lowest BCUT2D eigenvalue weighted by molar-refractivity contribution is -0.0249. The Labute approximate surface area is 148 Å². The molecule has 0 unspecified atom stereocenters. The fourth-order valence-corrected chi connectivity index (χ4v) is 2.98. The van der Waals surface area contributed by atoms with E-state index in [-0.39, 0.29) is 12.0 Å². The van der Waals surface area contributed by atoms with Gasteiger partial charge in [-0.3, -0.25) is 9.48 Å². The van der Waals surface area contributed by atoms with Crippen molar-refractivity contribution in [1.29, 1.82) is 0 Å². The first kappa shape index (κ1) is 17.4. The molecule has 0 bridgehead atoms. The third-order valence-electron chi connectivity index (χ3n) is 4.40. The number of hydrogen-bond donors (Lipinski definition) is 0. The van der Waals surface area contributed by atoms with E-state index in [1.807, 2.05) is 61.8 Å². The number of carbonyl (C=O) groups excluding carboxylic acids is 1. The second kappa shape index (κ2) is 7.23. The van der Waals surface area contributed by atoms with Crippen LogP contribution in [0.15, 0.2) is 24.3 Å². The van der Waals surface area contributed by atoms with Crippen molar-refractivity contribution >= 4 is 11.7 Å². The molecule has 3 heterocycles. The first-order valence-electron chi connectivity index (χ1n) is 8.59. The van der Waals surface area contributed by atoms with E-state index in [2.05, 4.69) is 10.1 Å². The molecule has 0 radical (unpaired) electrons. The number of morpholine rings is 1. The Balaban J connectivity index is 1.76. The third-order valence-corrected chi connectivity index (χ3v) is 4.40. The van der Waals surface area contributed by atoms with E-state index in [9.17, 15) is 4.79 Å². The van der Waals surface area contributed by atoms with Gasteiger partial charge >= 0.3 is 0 Å². The summed E-state index contributed by atoms with van der Waals surface area (Å²) < 4.78 is 7.71. The molecule has 1 saturated heterocycles. The molecule has 1 aliphatic rings. The quantitative estimate of drug-likeness (QED) is 0.848. The summed E-state index contributed by atoms with van der Waals surface area (Å²) in [6, 6.07) is 7.71. The van der Waals surface area contributed by atoms with E-state index >= 15 is 0 Å². The van der Waals surface area contributed by atoms with Gasteiger partial charge in [-0.05, 0) is 32.0 Å². The summed E-state index contributed by atoms with van der Waals surface area (Å²) in [5, 5.41) is 4.40. The standard InChI is InChI=1S/C18H25N5O2/c1-5-23-13(2)11-15(20-23)18(24)22-9-10-25-16(12-22)14-7-6-8-17(19-14)21(3)4/h6-8,11,16H,5,9-10,12H2,1-4H3/t16-/m1/s1. The van der Waals surface area contributed by atoms with E-state index in [4.69, 9.17) is 4.74 Å². The molecule has 1 fully saturated rings. The number of nitrogens with zero attached hydrogens (tertiary/aromatic N) is 5. The molecular formula is C18H25N5O2. The molecule has 2 aromatic rings. The van der Waals surface area contributed by atoms with Crippen LogP contribution < -0.4 is 4.90 Å². The van der Waals surface area contributed by atoms with Crippen molar-refractivity contribution in [3.63, 3.8) is 0 Å². The minimum atomic E-state index is -0.216. The first-order valence-corrected chi connectivity index (χ1v) is 8.59. The van der Waals surface area contributed by atoms with Crippen molar-refractivity contribution in [2.24, 2.45) is 0 Å². The number of pyridine rings is 1. The summed E-state index contributed by atoms with van der Waals surface area (Å²) in [5.74, 6) is 0.828. The van der Waals surface area contributed by atoms with Crippen molar-refractivity contribution in [3.05, 3.63) is 41.3 Å². The van der Waals surface area contributed by atoms with E-state index in [0.29, 0.717) is 25.4 Å². The minimum Gasteiger partial charge on any atom is -0.368 e. The van der Waals surface area contributed by atoms with Gasteiger partial charge in [-0.1, -0.05) is 6.07 Å². The zero-order valence-electron chi connectivity index (χ0n) is 15.3. The Morgan fingerprint density at radius 3 is 2.88 bits per heavy atom. The van der Waals surface area contributed by atoms with Crippen LogP contribution in [0.4, 0.5) is 5.82 Å². The number of carbonyl (C=O) groups is 1. The fourth-order valence-electron chi connectivity index (χ4n) is 2.98. The molecular weight excluding hydrogens is 318 g/mol. The number of aryl methyl sites for hydroxylation is 2. The van der Waals surface area contributed by atoms with Gasteiger partial charge in [0.2, 0.25) is 0 Å². The highest BCUT2D eigenvalue weighted by Gasteiger charge is 2.28. The van der Waals surface area contributed by atoms with Crippen LogP contribution >= 0.6 is 0 Å². The monoisotopic (exact) mass is 343 g/mol. The SMILES string of the molecule is CCn1nc(C(=O)N2CCO[C@@H](c3cccc(N(C)C)n3)C2)cc1C. The van der Waals surface area contributed by atoms with Gasteiger partial charge in [0.05, 0.1) is 18.8 Å². The van der Waals surface area contributed by atoms with Crippen LogP contribution in [0.3, 0.4) is 0 Å². The number of amides is 1. The van der Waals surface area contributed by atoms with E-state index < -0.39 is 0 Å². The Morgan fingerprint density at radius 2 is 2.20 bits per heavy atom. The molecule has 0 aliphatic carbocycles. The van der Waals surface area contributed by atoms with Gasteiger partial charge in [-0.15, -0.1) is 0 Å². The van der Waals surface area contributed by atoms with Gasteiger partial charge in [-0.2, -0.15) is 5.10 Å². The number of aromatic nitrogens is 3. The second-order valence-electron chi connectivity index (χ2n) is 6.41. The van der Waals surface area contributed by atoms with Crippen LogP contribution in [-0.2, 0) is 11.3 Å². The van der Waals surface area contributed by atoms with Crippen molar-refractivity contribution in [2.45, 2.75) is 26.5 Å². The van der Waals surface area contributed by atoms with Crippen LogP contribution in [0.5, 0.6) is 0 Å². The normalized spacial score (nSPS) is 17.6. The van der Waals surface area contributed by atoms with E-state index in [1.165, 1.54) is 0 Å². The zero-order valence-corrected chi connectivity index (χ0v) is 15.3.